The van der Waals surface area contributed by atoms with Gasteiger partial charge in [0.1, 0.15) is 34.5 Å². The summed E-state index contributed by atoms with van der Waals surface area (Å²) >= 11 is 0. The Morgan fingerprint density at radius 1 is 0.431 bits per heavy atom. The predicted octanol–water partition coefficient (Wildman–Crippen LogP) is 12.6. The van der Waals surface area contributed by atoms with E-state index in [9.17, 15) is 30.6 Å². The van der Waals surface area contributed by atoms with Gasteiger partial charge in [-0.1, -0.05) is 133 Å². The normalized spacial score (nSPS) is 12.6. The van der Waals surface area contributed by atoms with Crippen molar-refractivity contribution in [2.24, 2.45) is 0 Å². The summed E-state index contributed by atoms with van der Waals surface area (Å²) in [6.07, 6.45) is 7.02. The average Bonchev–Trinajstić information content (AvgIpc) is 3.20. The van der Waals surface area contributed by atoms with Gasteiger partial charge in [0, 0.05) is 5.41 Å². The van der Waals surface area contributed by atoms with Crippen LogP contribution in [-0.4, -0.2) is 30.6 Å². The number of hydrogen-bond donors (Lipinski definition) is 6. The number of aromatic hydroxyl groups is 6. The first kappa shape index (κ1) is 43.0. The molecule has 0 aliphatic carbocycles. The van der Waals surface area contributed by atoms with Gasteiger partial charge in [-0.25, -0.2) is 0 Å². The van der Waals surface area contributed by atoms with Gasteiger partial charge in [-0.3, -0.25) is 0 Å². The molecule has 6 aromatic carbocycles. The lowest BCUT2D eigenvalue weighted by atomic mass is 9.65. The first-order valence-electron chi connectivity index (χ1n) is 20.1. The van der Waals surface area contributed by atoms with Gasteiger partial charge in [-0.2, -0.15) is 0 Å². The summed E-state index contributed by atoms with van der Waals surface area (Å²) in [5.74, 6) is 1.45. The van der Waals surface area contributed by atoms with E-state index in [-0.39, 0.29) is 45.3 Å². The van der Waals surface area contributed by atoms with Crippen molar-refractivity contribution in [2.45, 2.75) is 88.9 Å². The van der Waals surface area contributed by atoms with E-state index in [0.717, 1.165) is 71.1 Å². The topological polar surface area (TPSA) is 121 Å². The minimum atomic E-state index is -0.428. The van der Waals surface area contributed by atoms with E-state index in [1.165, 1.54) is 12.8 Å². The third-order valence-electron chi connectivity index (χ3n) is 11.4. The molecule has 0 aliphatic rings. The monoisotopic (exact) mass is 778 g/mol. The van der Waals surface area contributed by atoms with Gasteiger partial charge >= 0.3 is 0 Å². The molecule has 0 heterocycles. The Bertz CT molecular complexity index is 2080. The Labute approximate surface area is 344 Å². The lowest BCUT2D eigenvalue weighted by Crippen LogP contribution is -2.32. The Balaban J connectivity index is 0.000000221. The molecule has 6 N–H and O–H groups in total. The number of rotatable bonds is 15. The van der Waals surface area contributed by atoms with Crippen molar-refractivity contribution in [1.29, 1.82) is 0 Å². The van der Waals surface area contributed by atoms with Crippen molar-refractivity contribution in [2.75, 3.05) is 0 Å². The number of allylic oxidation sites excluding steroid dienone is 1. The molecule has 58 heavy (non-hydrogen) atoms. The second kappa shape index (κ2) is 18.9. The number of unbranched alkanes of at least 4 members (excludes halogenated alkanes) is 3. The van der Waals surface area contributed by atoms with Gasteiger partial charge < -0.3 is 30.6 Å². The summed E-state index contributed by atoms with van der Waals surface area (Å²) < 4.78 is 0. The summed E-state index contributed by atoms with van der Waals surface area (Å²) in [7, 11) is 0. The van der Waals surface area contributed by atoms with Crippen LogP contribution in [-0.2, 0) is 16.2 Å². The smallest absolute Gasteiger partial charge is 0.115 e. The summed E-state index contributed by atoms with van der Waals surface area (Å²) in [6.45, 7) is 13.2. The second-order valence-electron chi connectivity index (χ2n) is 16.4. The number of hydrogen-bond acceptors (Lipinski definition) is 6. The SMILES string of the molecule is C=C(CC(C)(CC(C)(C)c1ccc(O)cc1)c1ccc(O)cc1)c1ccc(O)cc1.CCCCCCC(c1ccc(O)cc1)(c1ccc(O)cc1)c1ccc(O)cc1. The van der Waals surface area contributed by atoms with Crippen molar-refractivity contribution in [3.05, 3.63) is 186 Å². The largest absolute Gasteiger partial charge is 0.508 e. The second-order valence-corrected chi connectivity index (χ2v) is 16.4. The molecule has 6 heteroatoms. The van der Waals surface area contributed by atoms with E-state index < -0.39 is 5.41 Å². The molecule has 6 nitrogen and oxygen atoms in total. The molecule has 6 rings (SSSR count). The van der Waals surface area contributed by atoms with Gasteiger partial charge in [-0.05, 0) is 142 Å². The van der Waals surface area contributed by atoms with E-state index in [0.29, 0.717) is 0 Å². The van der Waals surface area contributed by atoms with Gasteiger partial charge in [0.05, 0.1) is 0 Å². The fraction of sp³-hybridized carbons (Fsp3) is 0.269. The Morgan fingerprint density at radius 3 is 1.12 bits per heavy atom. The zero-order chi connectivity index (χ0) is 41.9. The third kappa shape index (κ3) is 10.6. The molecule has 6 aromatic rings. The molecule has 0 amide bonds. The average molecular weight is 779 g/mol. The quantitative estimate of drug-likeness (QED) is 0.0456. The predicted molar refractivity (Wildman–Crippen MR) is 236 cm³/mol. The Hall–Kier alpha value is -6.14. The summed E-state index contributed by atoms with van der Waals surface area (Å²) in [6, 6.07) is 44.1. The highest BCUT2D eigenvalue weighted by Gasteiger charge is 2.37. The molecule has 0 fully saturated rings. The zero-order valence-corrected chi connectivity index (χ0v) is 34.2. The lowest BCUT2D eigenvalue weighted by Gasteiger charge is -2.39. The van der Waals surface area contributed by atoms with Crippen molar-refractivity contribution in [1.82, 2.24) is 0 Å². The van der Waals surface area contributed by atoms with Crippen LogP contribution in [0.4, 0.5) is 0 Å². The molecule has 0 aliphatic heterocycles. The molecule has 1 unspecified atom stereocenters. The summed E-state index contributed by atoms with van der Waals surface area (Å²) in [4.78, 5) is 0. The van der Waals surface area contributed by atoms with Crippen molar-refractivity contribution in [3.8, 4) is 34.5 Å². The Morgan fingerprint density at radius 2 is 0.759 bits per heavy atom. The van der Waals surface area contributed by atoms with Crippen LogP contribution >= 0.6 is 0 Å². The molecule has 302 valence electrons. The molecule has 0 aromatic heterocycles. The van der Waals surface area contributed by atoms with Gasteiger partial charge in [0.2, 0.25) is 0 Å². The number of phenolic OH excluding ortho intramolecular Hbond substituents is 6. The highest BCUT2D eigenvalue weighted by molar-refractivity contribution is 5.65. The van der Waals surface area contributed by atoms with Crippen LogP contribution in [0, 0.1) is 0 Å². The maximum Gasteiger partial charge on any atom is 0.115 e. The fourth-order valence-corrected chi connectivity index (χ4v) is 8.38. The molecular weight excluding hydrogens is 721 g/mol. The molecule has 1 atom stereocenters. The van der Waals surface area contributed by atoms with Crippen molar-refractivity contribution >= 4 is 5.57 Å². The van der Waals surface area contributed by atoms with E-state index in [1.54, 1.807) is 72.8 Å². The van der Waals surface area contributed by atoms with Crippen LogP contribution in [0.2, 0.25) is 0 Å². The van der Waals surface area contributed by atoms with Crippen LogP contribution in [0.3, 0.4) is 0 Å². The molecule has 0 saturated carbocycles. The Kier molecular flexibility index (Phi) is 14.0. The molecule has 0 saturated heterocycles. The fourth-order valence-electron chi connectivity index (χ4n) is 8.38. The van der Waals surface area contributed by atoms with Crippen molar-refractivity contribution < 1.29 is 30.6 Å². The highest BCUT2D eigenvalue weighted by Crippen LogP contribution is 2.46. The maximum atomic E-state index is 9.82. The number of benzene rings is 6. The zero-order valence-electron chi connectivity index (χ0n) is 34.2. The molecule has 0 bridgehead atoms. The summed E-state index contributed by atoms with van der Waals surface area (Å²) in [5, 5.41) is 58.5. The first-order chi connectivity index (χ1) is 27.6. The minimum absolute atomic E-state index is 0.157. The van der Waals surface area contributed by atoms with E-state index >= 15 is 0 Å². The van der Waals surface area contributed by atoms with Crippen LogP contribution in [0.25, 0.3) is 5.57 Å². The van der Waals surface area contributed by atoms with Crippen LogP contribution in [0.5, 0.6) is 34.5 Å². The molecular formula is C52H58O6. The van der Waals surface area contributed by atoms with Gasteiger partial charge in [0.25, 0.3) is 0 Å². The minimum Gasteiger partial charge on any atom is -0.508 e. The third-order valence-corrected chi connectivity index (χ3v) is 11.4. The standard InChI is InChI=1S/C27H30O3.C25H28O3/c1-19(20-5-11-23(28)12-6-20)17-27(4,22-9-15-25(30)16-10-22)18-26(2,3)21-7-13-24(29)14-8-21;1-2-3-4-5-18-25(19-6-12-22(26)13-7-19,20-8-14-23(27)15-9-20)21-10-16-24(28)17-11-21/h5-16,28-30H,1,17-18H2,2-4H3;6-17,26-28H,2-5,18H2,1H3. The maximum absolute atomic E-state index is 9.82. The van der Waals surface area contributed by atoms with Crippen LogP contribution in [0.1, 0.15) is 106 Å². The van der Waals surface area contributed by atoms with E-state index in [4.69, 9.17) is 0 Å². The van der Waals surface area contributed by atoms with Crippen LogP contribution in [0.15, 0.2) is 152 Å². The first-order valence-corrected chi connectivity index (χ1v) is 20.1. The van der Waals surface area contributed by atoms with Gasteiger partial charge in [-0.15, -0.1) is 0 Å². The van der Waals surface area contributed by atoms with E-state index in [1.807, 2.05) is 72.8 Å². The molecule has 0 spiro atoms. The van der Waals surface area contributed by atoms with Crippen molar-refractivity contribution in [3.63, 3.8) is 0 Å². The van der Waals surface area contributed by atoms with Gasteiger partial charge in [0.15, 0.2) is 0 Å². The van der Waals surface area contributed by atoms with Crippen LogP contribution < -0.4 is 0 Å². The highest BCUT2D eigenvalue weighted by atomic mass is 16.3. The lowest BCUT2D eigenvalue weighted by molar-refractivity contribution is 0.330. The summed E-state index contributed by atoms with van der Waals surface area (Å²) in [5.41, 5.74) is 6.69. The van der Waals surface area contributed by atoms with E-state index in [2.05, 4.69) is 34.3 Å². The number of phenols is 6. The molecule has 0 radical (unpaired) electrons.